The average molecular weight is 341 g/mol. The second kappa shape index (κ2) is 5.32. The number of fused-ring (bicyclic) bond motifs is 1. The fourth-order valence-corrected chi connectivity index (χ4v) is 3.58. The van der Waals surface area contributed by atoms with Crippen LogP contribution >= 0.6 is 15.9 Å². The number of hydrogen-bond donors (Lipinski definition) is 1. The van der Waals surface area contributed by atoms with Gasteiger partial charge in [-0.25, -0.2) is 0 Å². The number of hydrogen-bond acceptors (Lipinski definition) is 3. The number of aliphatic hydroxyl groups excluding tert-OH is 1. The van der Waals surface area contributed by atoms with E-state index in [1.165, 1.54) is 0 Å². The van der Waals surface area contributed by atoms with Gasteiger partial charge in [-0.1, -0.05) is 35.8 Å². The van der Waals surface area contributed by atoms with Gasteiger partial charge in [0.2, 0.25) is 0 Å². The summed E-state index contributed by atoms with van der Waals surface area (Å²) in [5, 5.41) is 10.5. The van der Waals surface area contributed by atoms with Gasteiger partial charge in [-0.2, -0.15) is 0 Å². The highest BCUT2D eigenvalue weighted by Gasteiger charge is 2.45. The molecule has 1 N–H and O–H groups in total. The van der Waals surface area contributed by atoms with Crippen molar-refractivity contribution in [3.8, 4) is 5.75 Å². The van der Waals surface area contributed by atoms with Crippen LogP contribution in [0.5, 0.6) is 5.75 Å². The Morgan fingerprint density at radius 1 is 1.35 bits per heavy atom. The first-order chi connectivity index (χ1) is 9.49. The minimum atomic E-state index is -0.447. The maximum absolute atomic E-state index is 10.5. The zero-order valence-corrected chi connectivity index (χ0v) is 13.5. The maximum atomic E-state index is 10.5. The van der Waals surface area contributed by atoms with Crippen LogP contribution < -0.4 is 4.74 Å². The molecule has 2 aliphatic heterocycles. The van der Waals surface area contributed by atoms with E-state index in [9.17, 15) is 5.11 Å². The number of rotatable bonds is 1. The summed E-state index contributed by atoms with van der Waals surface area (Å²) in [5.74, 6) is 1.28. The monoisotopic (exact) mass is 340 g/mol. The highest BCUT2D eigenvalue weighted by atomic mass is 79.9. The molecule has 2 heterocycles. The molecule has 1 saturated heterocycles. The molecule has 0 radical (unpaired) electrons. The molecule has 0 bridgehead atoms. The Morgan fingerprint density at radius 3 is 2.90 bits per heavy atom. The van der Waals surface area contributed by atoms with Crippen molar-refractivity contribution in [2.75, 3.05) is 6.61 Å². The first kappa shape index (κ1) is 14.4. The Kier molecular flexibility index (Phi) is 3.82. The summed E-state index contributed by atoms with van der Waals surface area (Å²) >= 11 is 3.47. The van der Waals surface area contributed by atoms with Gasteiger partial charge in [0.25, 0.3) is 0 Å². The SMILES string of the molecule is CC(C)C1CC2(CCO1)CC(O)c1ccc(Br)cc1O2. The zero-order chi connectivity index (χ0) is 14.3. The van der Waals surface area contributed by atoms with Crippen molar-refractivity contribution in [2.45, 2.75) is 50.9 Å². The lowest BCUT2D eigenvalue weighted by molar-refractivity contribution is -0.127. The third-order valence-electron chi connectivity index (χ3n) is 4.43. The third kappa shape index (κ3) is 2.61. The van der Waals surface area contributed by atoms with Crippen LogP contribution in [0.4, 0.5) is 0 Å². The first-order valence-corrected chi connectivity index (χ1v) is 8.06. The molecule has 0 aliphatic carbocycles. The van der Waals surface area contributed by atoms with E-state index < -0.39 is 6.10 Å². The van der Waals surface area contributed by atoms with E-state index in [2.05, 4.69) is 29.8 Å². The van der Waals surface area contributed by atoms with Gasteiger partial charge in [-0.15, -0.1) is 0 Å². The molecular formula is C16H21BrO3. The predicted octanol–water partition coefficient (Wildman–Crippen LogP) is 3.84. The molecule has 0 amide bonds. The van der Waals surface area contributed by atoms with Crippen LogP contribution in [0.1, 0.15) is 44.8 Å². The summed E-state index contributed by atoms with van der Waals surface area (Å²) in [7, 11) is 0. The van der Waals surface area contributed by atoms with Crippen LogP contribution in [-0.4, -0.2) is 23.4 Å². The molecule has 110 valence electrons. The van der Waals surface area contributed by atoms with Crippen LogP contribution in [0.2, 0.25) is 0 Å². The van der Waals surface area contributed by atoms with Gasteiger partial charge in [-0.05, 0) is 18.1 Å². The molecule has 3 nitrogen and oxygen atoms in total. The molecule has 2 aliphatic rings. The smallest absolute Gasteiger partial charge is 0.127 e. The molecule has 3 rings (SSSR count). The summed E-state index contributed by atoms with van der Waals surface area (Å²) in [6, 6.07) is 5.85. The summed E-state index contributed by atoms with van der Waals surface area (Å²) in [4.78, 5) is 0. The van der Waals surface area contributed by atoms with Gasteiger partial charge in [0.15, 0.2) is 0 Å². The van der Waals surface area contributed by atoms with Crippen LogP contribution in [0, 0.1) is 5.92 Å². The van der Waals surface area contributed by atoms with Crippen molar-refractivity contribution in [2.24, 2.45) is 5.92 Å². The van der Waals surface area contributed by atoms with E-state index >= 15 is 0 Å². The van der Waals surface area contributed by atoms with Gasteiger partial charge >= 0.3 is 0 Å². The van der Waals surface area contributed by atoms with Gasteiger partial charge in [-0.3, -0.25) is 0 Å². The molecular weight excluding hydrogens is 320 g/mol. The molecule has 1 aromatic carbocycles. The van der Waals surface area contributed by atoms with Crippen LogP contribution in [-0.2, 0) is 4.74 Å². The first-order valence-electron chi connectivity index (χ1n) is 7.27. The second-order valence-electron chi connectivity index (χ2n) is 6.29. The van der Waals surface area contributed by atoms with E-state index in [-0.39, 0.29) is 11.7 Å². The van der Waals surface area contributed by atoms with E-state index in [0.717, 1.165) is 28.6 Å². The van der Waals surface area contributed by atoms with Crippen molar-refractivity contribution in [3.05, 3.63) is 28.2 Å². The number of ether oxygens (including phenoxy) is 2. The van der Waals surface area contributed by atoms with Crippen LogP contribution in [0.15, 0.2) is 22.7 Å². The van der Waals surface area contributed by atoms with Gasteiger partial charge in [0.1, 0.15) is 11.4 Å². The minimum Gasteiger partial charge on any atom is -0.487 e. The Morgan fingerprint density at radius 2 is 2.15 bits per heavy atom. The summed E-state index contributed by atoms with van der Waals surface area (Å²) < 4.78 is 13.1. The van der Waals surface area contributed by atoms with E-state index in [0.29, 0.717) is 18.9 Å². The molecule has 4 heteroatoms. The van der Waals surface area contributed by atoms with Gasteiger partial charge in [0.05, 0.1) is 18.8 Å². The Bertz CT molecular complexity index is 502. The predicted molar refractivity (Wildman–Crippen MR) is 80.9 cm³/mol. The lowest BCUT2D eigenvalue weighted by Crippen LogP contribution is -2.49. The topological polar surface area (TPSA) is 38.7 Å². The Hall–Kier alpha value is -0.580. The number of aliphatic hydroxyl groups is 1. The zero-order valence-electron chi connectivity index (χ0n) is 11.9. The normalized spacial score (nSPS) is 33.0. The molecule has 0 aromatic heterocycles. The molecule has 0 saturated carbocycles. The van der Waals surface area contributed by atoms with Crippen molar-refractivity contribution in [3.63, 3.8) is 0 Å². The number of benzene rings is 1. The van der Waals surface area contributed by atoms with E-state index in [1.807, 2.05) is 18.2 Å². The maximum Gasteiger partial charge on any atom is 0.127 e. The van der Waals surface area contributed by atoms with Crippen LogP contribution in [0.3, 0.4) is 0 Å². The molecule has 1 fully saturated rings. The highest BCUT2D eigenvalue weighted by Crippen LogP contribution is 2.46. The lowest BCUT2D eigenvalue weighted by atomic mass is 9.79. The Balaban J connectivity index is 1.89. The van der Waals surface area contributed by atoms with E-state index in [4.69, 9.17) is 9.47 Å². The summed E-state index contributed by atoms with van der Waals surface area (Å²) in [6.45, 7) is 5.06. The van der Waals surface area contributed by atoms with Crippen molar-refractivity contribution >= 4 is 15.9 Å². The van der Waals surface area contributed by atoms with Crippen molar-refractivity contribution in [1.29, 1.82) is 0 Å². The molecule has 20 heavy (non-hydrogen) atoms. The fourth-order valence-electron chi connectivity index (χ4n) is 3.24. The van der Waals surface area contributed by atoms with Crippen LogP contribution in [0.25, 0.3) is 0 Å². The summed E-state index contributed by atoms with van der Waals surface area (Å²) in [5.41, 5.74) is 0.617. The molecule has 3 unspecified atom stereocenters. The lowest BCUT2D eigenvalue weighted by Gasteiger charge is -2.46. The van der Waals surface area contributed by atoms with Crippen molar-refractivity contribution < 1.29 is 14.6 Å². The molecule has 1 spiro atoms. The van der Waals surface area contributed by atoms with E-state index in [1.54, 1.807) is 0 Å². The quantitative estimate of drug-likeness (QED) is 0.844. The van der Waals surface area contributed by atoms with Gasteiger partial charge in [0, 0.05) is 29.3 Å². The second-order valence-corrected chi connectivity index (χ2v) is 7.21. The minimum absolute atomic E-state index is 0.213. The Labute approximate surface area is 128 Å². The third-order valence-corrected chi connectivity index (χ3v) is 4.93. The average Bonchev–Trinajstić information content (AvgIpc) is 2.37. The standard InChI is InChI=1S/C16H21BrO3/c1-10(2)15-9-16(5-6-19-15)8-13(18)12-4-3-11(17)7-14(12)20-16/h3-4,7,10,13,15,18H,5-6,8-9H2,1-2H3. The fraction of sp³-hybridized carbons (Fsp3) is 0.625. The summed E-state index contributed by atoms with van der Waals surface area (Å²) in [6.07, 6.45) is 2.13. The molecule has 3 atom stereocenters. The largest absolute Gasteiger partial charge is 0.487 e. The highest BCUT2D eigenvalue weighted by molar-refractivity contribution is 9.10. The van der Waals surface area contributed by atoms with Crippen molar-refractivity contribution in [1.82, 2.24) is 0 Å². The number of halogens is 1. The van der Waals surface area contributed by atoms with Gasteiger partial charge < -0.3 is 14.6 Å². The molecule has 1 aromatic rings.